The number of sulfonamides is 1. The van der Waals surface area contributed by atoms with E-state index in [1.54, 1.807) is 18.2 Å². The predicted octanol–water partition coefficient (Wildman–Crippen LogP) is 3.35. The lowest BCUT2D eigenvalue weighted by atomic mass is 10.0. The fourth-order valence-electron chi connectivity index (χ4n) is 3.38. The number of hydrogen-bond donors (Lipinski definition) is 1. The van der Waals surface area contributed by atoms with Crippen LogP contribution in [0.2, 0.25) is 0 Å². The zero-order valence-corrected chi connectivity index (χ0v) is 16.6. The van der Waals surface area contributed by atoms with Crippen LogP contribution >= 0.6 is 0 Å². The lowest BCUT2D eigenvalue weighted by Gasteiger charge is -2.28. The summed E-state index contributed by atoms with van der Waals surface area (Å²) < 4.78 is 27.7. The molecule has 0 saturated heterocycles. The smallest absolute Gasteiger partial charge is 0.251 e. The first-order chi connectivity index (χ1) is 13.0. The minimum atomic E-state index is -3.65. The van der Waals surface area contributed by atoms with E-state index in [1.165, 1.54) is 15.9 Å². The molecule has 144 valence electrons. The number of carbonyl (C=O) groups is 1. The van der Waals surface area contributed by atoms with Crippen molar-refractivity contribution in [3.8, 4) is 0 Å². The third-order valence-corrected chi connectivity index (χ3v) is 6.99. The summed E-state index contributed by atoms with van der Waals surface area (Å²) in [4.78, 5) is 12.6. The van der Waals surface area contributed by atoms with Crippen molar-refractivity contribution in [3.63, 3.8) is 0 Å². The largest absolute Gasteiger partial charge is 0.349 e. The fraction of sp³-hybridized carbons (Fsp3) is 0.381. The molecule has 0 bridgehead atoms. The van der Waals surface area contributed by atoms with E-state index >= 15 is 0 Å². The Kier molecular flexibility index (Phi) is 5.97. The topological polar surface area (TPSA) is 66.5 Å². The summed E-state index contributed by atoms with van der Waals surface area (Å²) in [5.41, 5.74) is 2.61. The molecule has 0 unspecified atom stereocenters. The zero-order chi connectivity index (χ0) is 19.4. The molecule has 2 aromatic rings. The van der Waals surface area contributed by atoms with Gasteiger partial charge >= 0.3 is 0 Å². The van der Waals surface area contributed by atoms with E-state index in [2.05, 4.69) is 5.32 Å². The maximum absolute atomic E-state index is 13.1. The molecule has 1 N–H and O–H groups in total. The summed E-state index contributed by atoms with van der Waals surface area (Å²) in [5.74, 6) is -0.232. The van der Waals surface area contributed by atoms with Gasteiger partial charge in [0.25, 0.3) is 5.91 Å². The van der Waals surface area contributed by atoms with Crippen molar-refractivity contribution in [1.29, 1.82) is 0 Å². The Bertz CT molecular complexity index is 921. The van der Waals surface area contributed by atoms with Crippen LogP contribution in [0, 0.1) is 0 Å². The van der Waals surface area contributed by atoms with Gasteiger partial charge in [0.05, 0.1) is 4.90 Å². The Balaban J connectivity index is 1.83. The summed E-state index contributed by atoms with van der Waals surface area (Å²) in [6.45, 7) is 4.85. The molecule has 5 nitrogen and oxygen atoms in total. The fourth-order valence-corrected chi connectivity index (χ4v) is 4.85. The summed E-state index contributed by atoms with van der Waals surface area (Å²) in [6.07, 6.45) is 2.38. The first-order valence-electron chi connectivity index (χ1n) is 9.43. The lowest BCUT2D eigenvalue weighted by Crippen LogP contribution is -2.36. The molecule has 2 aromatic carbocycles. The van der Waals surface area contributed by atoms with Gasteiger partial charge in [-0.1, -0.05) is 44.2 Å². The average Bonchev–Trinajstić information content (AvgIpc) is 2.71. The number of amides is 1. The molecule has 0 radical (unpaired) electrons. The third-order valence-electron chi connectivity index (χ3n) is 5.15. The van der Waals surface area contributed by atoms with E-state index in [9.17, 15) is 13.2 Å². The Morgan fingerprint density at radius 1 is 1.07 bits per heavy atom. The number of benzene rings is 2. The number of nitrogens with zero attached hydrogens (tertiary/aromatic N) is 1. The molecule has 0 aromatic heterocycles. The van der Waals surface area contributed by atoms with Crippen LogP contribution in [0.25, 0.3) is 0 Å². The Morgan fingerprint density at radius 2 is 1.78 bits per heavy atom. The monoisotopic (exact) mass is 386 g/mol. The van der Waals surface area contributed by atoms with Crippen LogP contribution in [0.4, 0.5) is 0 Å². The van der Waals surface area contributed by atoms with E-state index in [-0.39, 0.29) is 16.8 Å². The van der Waals surface area contributed by atoms with Crippen molar-refractivity contribution in [2.75, 3.05) is 6.54 Å². The second-order valence-corrected chi connectivity index (χ2v) is 8.81. The highest BCUT2D eigenvalue weighted by Gasteiger charge is 2.28. The minimum absolute atomic E-state index is 0.0939. The van der Waals surface area contributed by atoms with Gasteiger partial charge in [-0.05, 0) is 48.6 Å². The average molecular weight is 387 g/mol. The normalized spacial score (nSPS) is 14.8. The first-order valence-corrected chi connectivity index (χ1v) is 10.9. The van der Waals surface area contributed by atoms with Crippen LogP contribution in [0.15, 0.2) is 53.4 Å². The third kappa shape index (κ3) is 4.22. The van der Waals surface area contributed by atoms with Crippen molar-refractivity contribution in [3.05, 3.63) is 65.2 Å². The molecule has 1 heterocycles. The van der Waals surface area contributed by atoms with Crippen LogP contribution in [0.5, 0.6) is 0 Å². The quantitative estimate of drug-likeness (QED) is 0.828. The van der Waals surface area contributed by atoms with E-state index in [0.29, 0.717) is 25.1 Å². The second kappa shape index (κ2) is 8.23. The second-order valence-electron chi connectivity index (χ2n) is 6.87. The molecule has 6 heteroatoms. The van der Waals surface area contributed by atoms with Crippen LogP contribution in [0.3, 0.4) is 0 Å². The summed E-state index contributed by atoms with van der Waals surface area (Å²) in [7, 11) is -3.65. The molecular weight excluding hydrogens is 360 g/mol. The SMILES string of the molecule is CCC(CC)NC(=O)c1cccc(S(=O)(=O)N2CCc3ccccc3C2)c1. The highest BCUT2D eigenvalue weighted by Crippen LogP contribution is 2.25. The number of carbonyl (C=O) groups excluding carboxylic acids is 1. The highest BCUT2D eigenvalue weighted by molar-refractivity contribution is 7.89. The van der Waals surface area contributed by atoms with Crippen LogP contribution in [-0.2, 0) is 23.0 Å². The van der Waals surface area contributed by atoms with Crippen molar-refractivity contribution >= 4 is 15.9 Å². The molecule has 1 aliphatic rings. The van der Waals surface area contributed by atoms with E-state index < -0.39 is 10.0 Å². The number of fused-ring (bicyclic) bond motifs is 1. The zero-order valence-electron chi connectivity index (χ0n) is 15.8. The van der Waals surface area contributed by atoms with Crippen LogP contribution < -0.4 is 5.32 Å². The number of hydrogen-bond acceptors (Lipinski definition) is 3. The molecule has 0 saturated carbocycles. The van der Waals surface area contributed by atoms with Gasteiger partial charge in [0, 0.05) is 24.7 Å². The van der Waals surface area contributed by atoms with Crippen molar-refractivity contribution in [2.24, 2.45) is 0 Å². The van der Waals surface area contributed by atoms with Crippen molar-refractivity contribution in [2.45, 2.75) is 50.6 Å². The Morgan fingerprint density at radius 3 is 2.48 bits per heavy atom. The summed E-state index contributed by atoms with van der Waals surface area (Å²) >= 11 is 0. The Labute approximate surface area is 161 Å². The molecular formula is C21H26N2O3S. The maximum atomic E-state index is 13.1. The first kappa shape index (κ1) is 19.6. The number of rotatable bonds is 6. The molecule has 0 spiro atoms. The lowest BCUT2D eigenvalue weighted by molar-refractivity contribution is 0.0934. The minimum Gasteiger partial charge on any atom is -0.349 e. The predicted molar refractivity (Wildman–Crippen MR) is 106 cm³/mol. The molecule has 0 atom stereocenters. The standard InChI is InChI=1S/C21H26N2O3S/c1-3-19(4-2)22-21(24)17-10-7-11-20(14-17)27(25,26)23-13-12-16-8-5-6-9-18(16)15-23/h5-11,14,19H,3-4,12-13,15H2,1-2H3,(H,22,24). The van der Waals surface area contributed by atoms with Gasteiger partial charge in [0.15, 0.2) is 0 Å². The van der Waals surface area contributed by atoms with Gasteiger partial charge in [-0.3, -0.25) is 4.79 Å². The molecule has 3 rings (SSSR count). The Hall–Kier alpha value is -2.18. The van der Waals surface area contributed by atoms with Gasteiger partial charge in [0.1, 0.15) is 0 Å². The van der Waals surface area contributed by atoms with Gasteiger partial charge < -0.3 is 5.32 Å². The van der Waals surface area contributed by atoms with Crippen molar-refractivity contribution < 1.29 is 13.2 Å². The molecule has 0 aliphatic carbocycles. The van der Waals surface area contributed by atoms with E-state index in [4.69, 9.17) is 0 Å². The highest BCUT2D eigenvalue weighted by atomic mass is 32.2. The van der Waals surface area contributed by atoms with Crippen LogP contribution in [0.1, 0.15) is 48.2 Å². The molecule has 27 heavy (non-hydrogen) atoms. The molecule has 1 amide bonds. The van der Waals surface area contributed by atoms with Crippen LogP contribution in [-0.4, -0.2) is 31.2 Å². The maximum Gasteiger partial charge on any atom is 0.251 e. The van der Waals surface area contributed by atoms with Crippen molar-refractivity contribution in [1.82, 2.24) is 9.62 Å². The summed E-state index contributed by atoms with van der Waals surface area (Å²) in [5, 5.41) is 2.96. The molecule has 1 aliphatic heterocycles. The molecule has 0 fully saturated rings. The van der Waals surface area contributed by atoms with Gasteiger partial charge in [-0.25, -0.2) is 8.42 Å². The van der Waals surface area contributed by atoms with Gasteiger partial charge in [-0.15, -0.1) is 0 Å². The van der Waals surface area contributed by atoms with Gasteiger partial charge in [0.2, 0.25) is 10.0 Å². The van der Waals surface area contributed by atoms with Gasteiger partial charge in [-0.2, -0.15) is 4.31 Å². The summed E-state index contributed by atoms with van der Waals surface area (Å²) in [6, 6.07) is 14.3. The van der Waals surface area contributed by atoms with E-state index in [0.717, 1.165) is 18.4 Å². The van der Waals surface area contributed by atoms with E-state index in [1.807, 2.05) is 38.1 Å². The number of nitrogens with one attached hydrogen (secondary N) is 1.